The van der Waals surface area contributed by atoms with Gasteiger partial charge in [-0.1, -0.05) is 0 Å². The first-order valence-corrected chi connectivity index (χ1v) is 7.82. The first-order chi connectivity index (χ1) is 9.98. The van der Waals surface area contributed by atoms with Gasteiger partial charge in [0.1, 0.15) is 11.3 Å². The van der Waals surface area contributed by atoms with Crippen molar-refractivity contribution in [2.45, 2.75) is 52.1 Å². The second-order valence-electron chi connectivity index (χ2n) is 7.24. The van der Waals surface area contributed by atoms with Crippen molar-refractivity contribution in [3.8, 4) is 11.6 Å². The molecule has 0 amide bonds. The van der Waals surface area contributed by atoms with E-state index in [1.165, 1.54) is 31.4 Å². The lowest BCUT2D eigenvalue weighted by Gasteiger charge is -2.16. The molecule has 5 nitrogen and oxygen atoms in total. The van der Waals surface area contributed by atoms with Crippen molar-refractivity contribution < 1.29 is 14.3 Å². The third-order valence-corrected chi connectivity index (χ3v) is 4.68. The Kier molecular flexibility index (Phi) is 3.68. The summed E-state index contributed by atoms with van der Waals surface area (Å²) in [5.74, 6) is 3.65. The number of carbonyl (C=O) groups excluding carboxylic acids is 1. The van der Waals surface area contributed by atoms with Crippen LogP contribution in [0.3, 0.4) is 0 Å². The molecule has 0 unspecified atom stereocenters. The van der Waals surface area contributed by atoms with Gasteiger partial charge in [0.15, 0.2) is 0 Å². The molecular weight excluding hydrogens is 268 g/mol. The molecule has 0 aromatic carbocycles. The summed E-state index contributed by atoms with van der Waals surface area (Å²) >= 11 is 0. The summed E-state index contributed by atoms with van der Waals surface area (Å²) in [6.07, 6.45) is 7.79. The van der Waals surface area contributed by atoms with Gasteiger partial charge in [-0.05, 0) is 64.2 Å². The second kappa shape index (κ2) is 5.35. The highest BCUT2D eigenvalue weighted by Gasteiger charge is 2.42. The van der Waals surface area contributed by atoms with Gasteiger partial charge < -0.3 is 9.47 Å². The fraction of sp³-hybridized carbons (Fsp3) is 0.750. The van der Waals surface area contributed by atoms with Gasteiger partial charge >= 0.3 is 0 Å². The van der Waals surface area contributed by atoms with Crippen molar-refractivity contribution >= 4 is 6.47 Å². The average molecular weight is 292 g/mol. The van der Waals surface area contributed by atoms with Crippen molar-refractivity contribution in [3.63, 3.8) is 0 Å². The van der Waals surface area contributed by atoms with Crippen molar-refractivity contribution in [2.75, 3.05) is 6.61 Å². The van der Waals surface area contributed by atoms with E-state index in [4.69, 9.17) is 4.74 Å². The molecule has 2 aliphatic heterocycles. The number of hydrogen-bond donors (Lipinski definition) is 0. The molecule has 2 saturated carbocycles. The number of carbonyl (C=O) groups is 1. The van der Waals surface area contributed by atoms with Gasteiger partial charge in [-0.25, -0.2) is 4.68 Å². The zero-order valence-corrected chi connectivity index (χ0v) is 13.0. The number of ether oxygens (including phenoxy) is 2. The lowest BCUT2D eigenvalue weighted by molar-refractivity contribution is -0.138. The molecule has 21 heavy (non-hydrogen) atoms. The molecule has 4 aliphatic rings. The summed E-state index contributed by atoms with van der Waals surface area (Å²) in [4.78, 5) is 9.60. The zero-order chi connectivity index (χ0) is 15.0. The van der Waals surface area contributed by atoms with Gasteiger partial charge in [0, 0.05) is 0 Å². The molecule has 2 heterocycles. The molecule has 0 atom stereocenters. The molecule has 2 aliphatic carbocycles. The van der Waals surface area contributed by atoms with Gasteiger partial charge in [0.2, 0.25) is 0 Å². The van der Waals surface area contributed by atoms with Crippen LogP contribution in [0.25, 0.3) is 5.69 Å². The van der Waals surface area contributed by atoms with Gasteiger partial charge in [0.25, 0.3) is 12.4 Å². The molecule has 0 aromatic rings. The number of hydrogen-bond acceptors (Lipinski definition) is 4. The Hall–Kier alpha value is -1.52. The Morgan fingerprint density at radius 1 is 1.29 bits per heavy atom. The lowest BCUT2D eigenvalue weighted by atomic mass is 9.99. The monoisotopic (exact) mass is 292 g/mol. The van der Waals surface area contributed by atoms with Gasteiger partial charge in [-0.3, -0.25) is 4.79 Å². The molecule has 116 valence electrons. The fourth-order valence-corrected chi connectivity index (χ4v) is 3.51. The predicted octanol–water partition coefficient (Wildman–Crippen LogP) is 2.96. The maximum absolute atomic E-state index is 9.60. The smallest absolute Gasteiger partial charge is 0.293 e. The van der Waals surface area contributed by atoms with Crippen LogP contribution in [0.2, 0.25) is 0 Å². The van der Waals surface area contributed by atoms with Gasteiger partial charge in [0.05, 0.1) is 12.8 Å². The second-order valence-corrected chi connectivity index (χ2v) is 7.24. The van der Waals surface area contributed by atoms with E-state index in [0.29, 0.717) is 6.47 Å². The maximum Gasteiger partial charge on any atom is 0.293 e. The predicted molar refractivity (Wildman–Crippen MR) is 78.5 cm³/mol. The molecular formula is C16H24N2O3. The average Bonchev–Trinajstić information content (AvgIpc) is 2.76. The van der Waals surface area contributed by atoms with Crippen LogP contribution in [-0.2, 0) is 9.53 Å². The fourth-order valence-electron chi connectivity index (χ4n) is 3.51. The minimum absolute atomic E-state index is 0.318. The standard InChI is InChI=1S/C11H14N2O.C5H10O2/c1-2-8-4-3-7(1)9(8)6-14-11-10-5-13(10)12-11;1-5(2,3)7-4-6/h5,7-9H,1-4,6H2;4H,1-3H3. The topological polar surface area (TPSA) is 53.4 Å². The normalized spacial score (nSPS) is 27.9. The van der Waals surface area contributed by atoms with Crippen molar-refractivity contribution in [1.29, 1.82) is 0 Å². The highest BCUT2D eigenvalue weighted by atomic mass is 16.5. The Balaban J connectivity index is 0.000000164. The van der Waals surface area contributed by atoms with E-state index in [2.05, 4.69) is 9.84 Å². The van der Waals surface area contributed by atoms with E-state index < -0.39 is 0 Å². The van der Waals surface area contributed by atoms with Crippen molar-refractivity contribution in [3.05, 3.63) is 6.20 Å². The summed E-state index contributed by atoms with van der Waals surface area (Å²) in [6, 6.07) is 0. The van der Waals surface area contributed by atoms with Crippen LogP contribution in [0.5, 0.6) is 5.88 Å². The molecule has 0 aromatic heterocycles. The van der Waals surface area contributed by atoms with E-state index in [1.54, 1.807) is 0 Å². The lowest BCUT2D eigenvalue weighted by Crippen LogP contribution is -2.18. The molecule has 5 heteroatoms. The number of aromatic nitrogens is 2. The first-order valence-electron chi connectivity index (χ1n) is 7.82. The minimum Gasteiger partial charge on any atom is -0.475 e. The van der Waals surface area contributed by atoms with E-state index in [1.807, 2.05) is 31.6 Å². The number of rotatable bonds is 4. The number of nitrogens with zero attached hydrogens (tertiary/aromatic N) is 2. The van der Waals surface area contributed by atoms with Crippen LogP contribution in [-0.4, -0.2) is 28.5 Å². The summed E-state index contributed by atoms with van der Waals surface area (Å²) in [5, 5.41) is 4.16. The van der Waals surface area contributed by atoms with E-state index in [-0.39, 0.29) is 5.60 Å². The Morgan fingerprint density at radius 2 is 1.90 bits per heavy atom. The summed E-state index contributed by atoms with van der Waals surface area (Å²) < 4.78 is 12.2. The maximum atomic E-state index is 9.60. The van der Waals surface area contributed by atoms with Crippen LogP contribution in [0, 0.1) is 17.8 Å². The highest BCUT2D eigenvalue weighted by molar-refractivity contribution is 5.52. The summed E-state index contributed by atoms with van der Waals surface area (Å²) in [6.45, 7) is 6.84. The van der Waals surface area contributed by atoms with Crippen LogP contribution in [0.1, 0.15) is 46.5 Å². The van der Waals surface area contributed by atoms with Crippen LogP contribution >= 0.6 is 0 Å². The molecule has 2 fully saturated rings. The molecule has 0 saturated heterocycles. The Labute approximate surface area is 125 Å². The SMILES string of the molecule is CC(C)(C)OC=O.c1c2c(OCC3C4CCC3CC4)nn1-2. The molecule has 0 radical (unpaired) electrons. The third kappa shape index (κ3) is 3.22. The van der Waals surface area contributed by atoms with Crippen molar-refractivity contribution in [2.24, 2.45) is 17.8 Å². The largest absolute Gasteiger partial charge is 0.475 e. The highest BCUT2D eigenvalue weighted by Crippen LogP contribution is 2.49. The minimum atomic E-state index is -0.318. The molecule has 0 N–H and O–H groups in total. The van der Waals surface area contributed by atoms with E-state index in [0.717, 1.165) is 30.2 Å². The summed E-state index contributed by atoms with van der Waals surface area (Å²) in [5.41, 5.74) is 0.886. The van der Waals surface area contributed by atoms with Gasteiger partial charge in [-0.2, -0.15) is 0 Å². The van der Waals surface area contributed by atoms with Crippen LogP contribution in [0.15, 0.2) is 6.20 Å². The third-order valence-electron chi connectivity index (χ3n) is 4.68. The first kappa shape index (κ1) is 14.4. The zero-order valence-electron chi connectivity index (χ0n) is 13.0. The summed E-state index contributed by atoms with van der Waals surface area (Å²) in [7, 11) is 0. The Morgan fingerprint density at radius 3 is 2.24 bits per heavy atom. The number of fused-ring (bicyclic) bond motifs is 3. The van der Waals surface area contributed by atoms with Crippen LogP contribution < -0.4 is 4.74 Å². The molecule has 2 bridgehead atoms. The van der Waals surface area contributed by atoms with E-state index >= 15 is 0 Å². The molecule has 4 rings (SSSR count). The quantitative estimate of drug-likeness (QED) is 0.813. The Bertz CT molecular complexity index is 498. The van der Waals surface area contributed by atoms with Gasteiger partial charge in [-0.15, -0.1) is 5.10 Å². The van der Waals surface area contributed by atoms with Crippen molar-refractivity contribution in [1.82, 2.24) is 9.78 Å². The van der Waals surface area contributed by atoms with E-state index in [9.17, 15) is 4.79 Å². The molecule has 0 spiro atoms. The van der Waals surface area contributed by atoms with Crippen LogP contribution in [0.4, 0.5) is 0 Å².